The molecular formula is C21H20N2O2. The zero-order chi connectivity index (χ0) is 17.6. The van der Waals surface area contributed by atoms with Gasteiger partial charge in [0.2, 0.25) is 0 Å². The first-order chi connectivity index (χ1) is 12.1. The monoisotopic (exact) mass is 332 g/mol. The van der Waals surface area contributed by atoms with Crippen molar-refractivity contribution in [2.24, 2.45) is 0 Å². The van der Waals surface area contributed by atoms with Crippen LogP contribution in [-0.4, -0.2) is 15.6 Å². The van der Waals surface area contributed by atoms with Gasteiger partial charge in [0, 0.05) is 12.2 Å². The van der Waals surface area contributed by atoms with E-state index in [1.165, 1.54) is 0 Å². The molecule has 126 valence electrons. The van der Waals surface area contributed by atoms with Crippen molar-refractivity contribution >= 4 is 11.9 Å². The molecule has 0 saturated carbocycles. The summed E-state index contributed by atoms with van der Waals surface area (Å²) < 4.78 is 7.58. The van der Waals surface area contributed by atoms with E-state index in [0.29, 0.717) is 5.56 Å². The zero-order valence-corrected chi connectivity index (χ0v) is 14.3. The maximum Gasteiger partial charge on any atom is 0.189 e. The van der Waals surface area contributed by atoms with Crippen LogP contribution in [0, 0.1) is 0 Å². The number of hydrogen-bond donors (Lipinski definition) is 0. The lowest BCUT2D eigenvalue weighted by atomic mass is 10.1. The summed E-state index contributed by atoms with van der Waals surface area (Å²) in [6.07, 6.45) is 6.71. The summed E-state index contributed by atoms with van der Waals surface area (Å²) in [5.74, 6) is 1.44. The van der Waals surface area contributed by atoms with Crippen molar-refractivity contribution in [1.29, 1.82) is 0 Å². The fourth-order valence-electron chi connectivity index (χ4n) is 2.32. The third kappa shape index (κ3) is 4.44. The van der Waals surface area contributed by atoms with E-state index < -0.39 is 0 Å². The molecule has 1 aromatic heterocycles. The molecule has 0 N–H and O–H groups in total. The van der Waals surface area contributed by atoms with Crippen LogP contribution in [0.4, 0.5) is 0 Å². The van der Waals surface area contributed by atoms with E-state index in [1.807, 2.05) is 68.4 Å². The second-order valence-corrected chi connectivity index (χ2v) is 5.99. The lowest BCUT2D eigenvalue weighted by Crippen LogP contribution is -2.00. The van der Waals surface area contributed by atoms with E-state index >= 15 is 0 Å². The van der Waals surface area contributed by atoms with Gasteiger partial charge in [-0.05, 0) is 49.8 Å². The highest BCUT2D eigenvalue weighted by Gasteiger charge is 2.07. The van der Waals surface area contributed by atoms with Gasteiger partial charge in [-0.2, -0.15) is 5.10 Å². The third-order valence-electron chi connectivity index (χ3n) is 3.68. The predicted octanol–water partition coefficient (Wildman–Crippen LogP) is 5.15. The second kappa shape index (κ2) is 7.62. The summed E-state index contributed by atoms with van der Waals surface area (Å²) in [6, 6.07) is 17.4. The highest BCUT2D eigenvalue weighted by atomic mass is 16.5. The van der Waals surface area contributed by atoms with Gasteiger partial charge in [0.05, 0.1) is 11.8 Å². The Morgan fingerprint density at radius 2 is 1.84 bits per heavy atom. The van der Waals surface area contributed by atoms with Gasteiger partial charge < -0.3 is 4.74 Å². The number of carbonyl (C=O) groups is 1. The minimum atomic E-state index is -0.0683. The highest BCUT2D eigenvalue weighted by molar-refractivity contribution is 6.06. The highest BCUT2D eigenvalue weighted by Crippen LogP contribution is 2.22. The van der Waals surface area contributed by atoms with E-state index in [-0.39, 0.29) is 11.8 Å². The van der Waals surface area contributed by atoms with Crippen LogP contribution in [-0.2, 0) is 0 Å². The molecule has 2 aromatic carbocycles. The summed E-state index contributed by atoms with van der Waals surface area (Å²) in [6.45, 7) is 4.05. The molecule has 0 bridgehead atoms. The predicted molar refractivity (Wildman–Crippen MR) is 98.9 cm³/mol. The lowest BCUT2D eigenvalue weighted by Gasteiger charge is -2.05. The van der Waals surface area contributed by atoms with Gasteiger partial charge in [-0.25, -0.2) is 0 Å². The Bertz CT molecular complexity index is 880. The largest absolute Gasteiger partial charge is 0.457 e. The molecule has 3 aromatic rings. The molecule has 4 heteroatoms. The van der Waals surface area contributed by atoms with Gasteiger partial charge >= 0.3 is 0 Å². The molecule has 0 unspecified atom stereocenters. The average molecular weight is 332 g/mol. The summed E-state index contributed by atoms with van der Waals surface area (Å²) in [4.78, 5) is 12.3. The van der Waals surface area contributed by atoms with Crippen molar-refractivity contribution in [2.45, 2.75) is 19.9 Å². The van der Waals surface area contributed by atoms with Crippen molar-refractivity contribution in [3.05, 3.63) is 84.2 Å². The maximum absolute atomic E-state index is 12.3. The number of ketones is 1. The Morgan fingerprint density at radius 1 is 1.08 bits per heavy atom. The van der Waals surface area contributed by atoms with E-state index in [9.17, 15) is 4.79 Å². The molecule has 0 aliphatic heterocycles. The first kappa shape index (κ1) is 16.7. The number of benzene rings is 2. The third-order valence-corrected chi connectivity index (χ3v) is 3.68. The number of ether oxygens (including phenoxy) is 1. The van der Waals surface area contributed by atoms with E-state index in [2.05, 4.69) is 5.10 Å². The van der Waals surface area contributed by atoms with E-state index in [4.69, 9.17) is 4.74 Å². The summed E-state index contributed by atoms with van der Waals surface area (Å²) in [7, 11) is 0. The van der Waals surface area contributed by atoms with Crippen molar-refractivity contribution < 1.29 is 9.53 Å². The van der Waals surface area contributed by atoms with Crippen molar-refractivity contribution in [3.8, 4) is 11.5 Å². The smallest absolute Gasteiger partial charge is 0.189 e. The summed E-state index contributed by atoms with van der Waals surface area (Å²) in [5.41, 5.74) is 1.49. The number of carbonyl (C=O) groups excluding carboxylic acids is 1. The van der Waals surface area contributed by atoms with Crippen LogP contribution in [0.5, 0.6) is 11.5 Å². The number of aromatic nitrogens is 2. The van der Waals surface area contributed by atoms with E-state index in [0.717, 1.165) is 17.1 Å². The maximum atomic E-state index is 12.3. The molecule has 25 heavy (non-hydrogen) atoms. The Balaban J connectivity index is 1.70. The number of allylic oxidation sites excluding steroid dienone is 1. The Kier molecular flexibility index (Phi) is 5.09. The van der Waals surface area contributed by atoms with Gasteiger partial charge in [0.15, 0.2) is 5.78 Å². The molecule has 0 radical (unpaired) electrons. The molecule has 0 spiro atoms. The van der Waals surface area contributed by atoms with Crippen LogP contribution < -0.4 is 4.74 Å². The molecule has 1 heterocycles. The van der Waals surface area contributed by atoms with Crippen LogP contribution in [0.2, 0.25) is 0 Å². The van der Waals surface area contributed by atoms with Gasteiger partial charge in [-0.1, -0.05) is 36.4 Å². The molecule has 0 saturated heterocycles. The second-order valence-electron chi connectivity index (χ2n) is 5.99. The molecule has 3 rings (SSSR count). The summed E-state index contributed by atoms with van der Waals surface area (Å²) in [5, 5.41) is 4.19. The van der Waals surface area contributed by atoms with Gasteiger partial charge in [-0.15, -0.1) is 0 Å². The minimum Gasteiger partial charge on any atom is -0.457 e. The molecule has 0 atom stereocenters. The number of nitrogens with zero attached hydrogens (tertiary/aromatic N) is 2. The van der Waals surface area contributed by atoms with Crippen LogP contribution in [0.15, 0.2) is 73.1 Å². The fraction of sp³-hybridized carbons (Fsp3) is 0.143. The topological polar surface area (TPSA) is 44.1 Å². The number of para-hydroxylation sites is 1. The first-order valence-corrected chi connectivity index (χ1v) is 8.21. The van der Waals surface area contributed by atoms with Crippen molar-refractivity contribution in [3.63, 3.8) is 0 Å². The minimum absolute atomic E-state index is 0.0683. The zero-order valence-electron chi connectivity index (χ0n) is 14.3. The Hall–Kier alpha value is -3.14. The van der Waals surface area contributed by atoms with Crippen molar-refractivity contribution in [1.82, 2.24) is 9.78 Å². The number of rotatable bonds is 6. The normalized spacial score (nSPS) is 11.2. The van der Waals surface area contributed by atoms with E-state index in [1.54, 1.807) is 29.2 Å². The molecule has 0 amide bonds. The lowest BCUT2D eigenvalue weighted by molar-refractivity contribution is 0.104. The van der Waals surface area contributed by atoms with Crippen LogP contribution >= 0.6 is 0 Å². The molecule has 0 aliphatic carbocycles. The Labute approximate surface area is 147 Å². The van der Waals surface area contributed by atoms with Crippen molar-refractivity contribution in [2.75, 3.05) is 0 Å². The first-order valence-electron chi connectivity index (χ1n) is 8.21. The van der Waals surface area contributed by atoms with Gasteiger partial charge in [-0.3, -0.25) is 9.48 Å². The van der Waals surface area contributed by atoms with Gasteiger partial charge in [0.25, 0.3) is 0 Å². The fourth-order valence-corrected chi connectivity index (χ4v) is 2.32. The molecule has 0 aliphatic rings. The average Bonchev–Trinajstić information content (AvgIpc) is 3.11. The van der Waals surface area contributed by atoms with Crippen LogP contribution in [0.3, 0.4) is 0 Å². The SMILES string of the molecule is CC(C)n1cc(C(=O)C=Cc2cccc(Oc3ccccc3)c2)cn1. The quantitative estimate of drug-likeness (QED) is 0.463. The number of hydrogen-bond acceptors (Lipinski definition) is 3. The molecule has 4 nitrogen and oxygen atoms in total. The molecule has 0 fully saturated rings. The summed E-state index contributed by atoms with van der Waals surface area (Å²) >= 11 is 0. The standard InChI is InChI=1S/C21H20N2O2/c1-16(2)23-15-18(14-22-23)21(24)12-11-17-7-6-10-20(13-17)25-19-8-4-3-5-9-19/h3-16H,1-2H3. The van der Waals surface area contributed by atoms with Crippen LogP contribution in [0.1, 0.15) is 35.8 Å². The Morgan fingerprint density at radius 3 is 2.56 bits per heavy atom. The van der Waals surface area contributed by atoms with Crippen LogP contribution in [0.25, 0.3) is 6.08 Å². The van der Waals surface area contributed by atoms with Gasteiger partial charge in [0.1, 0.15) is 11.5 Å². The molecular weight excluding hydrogens is 312 g/mol.